The molecule has 0 aromatic carbocycles. The van der Waals surface area contributed by atoms with Crippen LogP contribution in [0.15, 0.2) is 21.9 Å². The van der Waals surface area contributed by atoms with E-state index in [1.807, 2.05) is 0 Å². The van der Waals surface area contributed by atoms with Gasteiger partial charge in [0.2, 0.25) is 0 Å². The van der Waals surface area contributed by atoms with E-state index in [1.54, 1.807) is 0 Å². The zero-order chi connectivity index (χ0) is 10.4. The normalized spacial score (nSPS) is 24.7. The minimum Gasteiger partial charge on any atom is -0.114 e. The molecule has 1 unspecified atom stereocenters. The summed E-state index contributed by atoms with van der Waals surface area (Å²) in [6, 6.07) is 0. The van der Waals surface area contributed by atoms with E-state index in [0.29, 0.717) is 0 Å². The Balaban J connectivity index is 3.19. The van der Waals surface area contributed by atoms with Gasteiger partial charge in [-0.2, -0.15) is 0 Å². The summed E-state index contributed by atoms with van der Waals surface area (Å²) in [4.78, 5) is 0. The Morgan fingerprint density at radius 3 is 1.62 bits per heavy atom. The van der Waals surface area contributed by atoms with Crippen molar-refractivity contribution in [2.24, 2.45) is 0 Å². The maximum atomic E-state index is 6.42. The summed E-state index contributed by atoms with van der Waals surface area (Å²) in [6.45, 7) is 13.7. The van der Waals surface area contributed by atoms with Crippen molar-refractivity contribution < 1.29 is 0 Å². The highest BCUT2D eigenvalue weighted by Gasteiger charge is 2.33. The average molecular weight is 215 g/mol. The van der Waals surface area contributed by atoms with E-state index in [9.17, 15) is 0 Å². The van der Waals surface area contributed by atoms with Gasteiger partial charge in [-0.05, 0) is 31.9 Å². The molecule has 1 aliphatic carbocycles. The minimum absolute atomic E-state index is 0.187. The van der Waals surface area contributed by atoms with Gasteiger partial charge in [0.15, 0.2) is 0 Å². The first kappa shape index (κ1) is 11.1. The summed E-state index contributed by atoms with van der Waals surface area (Å²) in [5, 5.41) is 1.72. The van der Waals surface area contributed by atoms with E-state index in [0.717, 1.165) is 0 Å². The molecule has 0 fully saturated rings. The van der Waals surface area contributed by atoms with Crippen LogP contribution in [-0.4, -0.2) is 13.5 Å². The fourth-order valence-corrected chi connectivity index (χ4v) is 5.64. The molecule has 1 aliphatic rings. The molecule has 0 aromatic heterocycles. The molecular formula is C11H19ClSi. The third-order valence-electron chi connectivity index (χ3n) is 3.00. The van der Waals surface area contributed by atoms with Gasteiger partial charge in [0.25, 0.3) is 0 Å². The van der Waals surface area contributed by atoms with Crippen molar-refractivity contribution in [1.82, 2.24) is 0 Å². The fourth-order valence-electron chi connectivity index (χ4n) is 2.04. The van der Waals surface area contributed by atoms with E-state index < -0.39 is 8.07 Å². The lowest BCUT2D eigenvalue weighted by atomic mass is 10.1. The summed E-state index contributed by atoms with van der Waals surface area (Å²) in [6.07, 6.45) is 0. The van der Waals surface area contributed by atoms with E-state index in [1.165, 1.54) is 21.9 Å². The summed E-state index contributed by atoms with van der Waals surface area (Å²) in [7, 11) is -1.23. The molecule has 74 valence electrons. The molecule has 0 aromatic rings. The molecule has 1 atom stereocenters. The number of hydrogen-bond acceptors (Lipinski definition) is 0. The molecule has 0 spiro atoms. The fraction of sp³-hybridized carbons (Fsp3) is 0.636. The van der Waals surface area contributed by atoms with Crippen LogP contribution in [-0.2, 0) is 0 Å². The Morgan fingerprint density at radius 1 is 1.00 bits per heavy atom. The van der Waals surface area contributed by atoms with Crippen molar-refractivity contribution >= 4 is 19.7 Å². The maximum Gasteiger partial charge on any atom is 0.0751 e. The molecule has 13 heavy (non-hydrogen) atoms. The van der Waals surface area contributed by atoms with Crippen LogP contribution in [0, 0.1) is 0 Å². The van der Waals surface area contributed by atoms with Gasteiger partial charge in [-0.25, -0.2) is 0 Å². The third-order valence-corrected chi connectivity index (χ3v) is 6.01. The molecule has 0 heterocycles. The van der Waals surface area contributed by atoms with Gasteiger partial charge in [-0.3, -0.25) is 0 Å². The zero-order valence-electron chi connectivity index (χ0n) is 9.46. The standard InChI is InChI=1S/C11H19ClSi/c1-7-8(2)10(12)11(9(7)3)13(4,5)6/h10H,1-6H3. The summed E-state index contributed by atoms with van der Waals surface area (Å²) in [5.74, 6) is 0. The molecule has 0 saturated heterocycles. The first-order valence-electron chi connectivity index (χ1n) is 4.80. The largest absolute Gasteiger partial charge is 0.114 e. The molecule has 0 bridgehead atoms. The Kier molecular flexibility index (Phi) is 2.80. The highest BCUT2D eigenvalue weighted by atomic mass is 35.5. The lowest BCUT2D eigenvalue weighted by Crippen LogP contribution is -2.29. The van der Waals surface area contributed by atoms with Crippen LogP contribution in [0.1, 0.15) is 20.8 Å². The molecule has 0 saturated carbocycles. The van der Waals surface area contributed by atoms with Crippen molar-refractivity contribution in [3.05, 3.63) is 21.9 Å². The molecule has 0 N–H and O–H groups in total. The predicted octanol–water partition coefficient (Wildman–Crippen LogP) is 4.14. The molecule has 0 radical (unpaired) electrons. The number of hydrogen-bond donors (Lipinski definition) is 0. The quantitative estimate of drug-likeness (QED) is 0.455. The zero-order valence-corrected chi connectivity index (χ0v) is 11.2. The predicted molar refractivity (Wildman–Crippen MR) is 64.1 cm³/mol. The van der Waals surface area contributed by atoms with Crippen LogP contribution in [0.25, 0.3) is 0 Å². The number of rotatable bonds is 1. The van der Waals surface area contributed by atoms with Crippen LogP contribution >= 0.6 is 11.6 Å². The van der Waals surface area contributed by atoms with Gasteiger partial charge in [0.1, 0.15) is 0 Å². The monoisotopic (exact) mass is 214 g/mol. The van der Waals surface area contributed by atoms with Crippen molar-refractivity contribution in [3.8, 4) is 0 Å². The van der Waals surface area contributed by atoms with Crippen LogP contribution in [0.2, 0.25) is 19.6 Å². The summed E-state index contributed by atoms with van der Waals surface area (Å²) in [5.41, 5.74) is 4.23. The SMILES string of the molecule is CC1=C(C)C(Cl)C([Si](C)(C)C)=C1C. The van der Waals surface area contributed by atoms with E-state index in [4.69, 9.17) is 11.6 Å². The van der Waals surface area contributed by atoms with Crippen molar-refractivity contribution in [2.45, 2.75) is 45.8 Å². The summed E-state index contributed by atoms with van der Waals surface area (Å²) >= 11 is 6.42. The Bertz CT molecular complexity index is 292. The molecular weight excluding hydrogens is 196 g/mol. The number of alkyl halides is 1. The minimum atomic E-state index is -1.23. The second-order valence-electron chi connectivity index (χ2n) is 4.96. The second kappa shape index (κ2) is 3.29. The van der Waals surface area contributed by atoms with Crippen LogP contribution in [0.4, 0.5) is 0 Å². The topological polar surface area (TPSA) is 0 Å². The van der Waals surface area contributed by atoms with Crippen molar-refractivity contribution in [2.75, 3.05) is 0 Å². The molecule has 0 amide bonds. The first-order chi connectivity index (χ1) is 5.76. The Morgan fingerprint density at radius 2 is 1.46 bits per heavy atom. The van der Waals surface area contributed by atoms with Crippen LogP contribution in [0.3, 0.4) is 0 Å². The van der Waals surface area contributed by atoms with Crippen LogP contribution in [0.5, 0.6) is 0 Å². The van der Waals surface area contributed by atoms with Gasteiger partial charge >= 0.3 is 0 Å². The van der Waals surface area contributed by atoms with Gasteiger partial charge < -0.3 is 0 Å². The van der Waals surface area contributed by atoms with E-state index >= 15 is 0 Å². The number of halogens is 1. The van der Waals surface area contributed by atoms with Gasteiger partial charge in [-0.15, -0.1) is 11.6 Å². The maximum absolute atomic E-state index is 6.42. The lowest BCUT2D eigenvalue weighted by Gasteiger charge is -2.23. The van der Waals surface area contributed by atoms with Crippen molar-refractivity contribution in [1.29, 1.82) is 0 Å². The second-order valence-corrected chi connectivity index (χ2v) is 10.4. The molecule has 1 rings (SSSR count). The smallest absolute Gasteiger partial charge is 0.0751 e. The average Bonchev–Trinajstić information content (AvgIpc) is 2.14. The van der Waals surface area contributed by atoms with E-state index in [2.05, 4.69) is 40.4 Å². The molecule has 0 aliphatic heterocycles. The number of allylic oxidation sites excluding steroid dienone is 4. The third kappa shape index (κ3) is 1.77. The summed E-state index contributed by atoms with van der Waals surface area (Å²) < 4.78 is 0. The highest BCUT2D eigenvalue weighted by molar-refractivity contribution is 6.84. The van der Waals surface area contributed by atoms with Crippen LogP contribution < -0.4 is 0 Å². The van der Waals surface area contributed by atoms with E-state index in [-0.39, 0.29) is 5.38 Å². The van der Waals surface area contributed by atoms with Gasteiger partial charge in [0.05, 0.1) is 13.5 Å². The van der Waals surface area contributed by atoms with Crippen molar-refractivity contribution in [3.63, 3.8) is 0 Å². The first-order valence-corrected chi connectivity index (χ1v) is 8.73. The Hall–Kier alpha value is -0.0131. The lowest BCUT2D eigenvalue weighted by molar-refractivity contribution is 1.19. The highest BCUT2D eigenvalue weighted by Crippen LogP contribution is 2.39. The Labute approximate surface area is 87.7 Å². The molecule has 2 heteroatoms. The molecule has 0 nitrogen and oxygen atoms in total. The van der Waals surface area contributed by atoms with Gasteiger partial charge in [-0.1, -0.05) is 30.4 Å². The van der Waals surface area contributed by atoms with Gasteiger partial charge in [0, 0.05) is 0 Å².